The molecule has 1 saturated heterocycles. The van der Waals surface area contributed by atoms with E-state index in [2.05, 4.69) is 0 Å². The largest absolute Gasteiger partial charge is 0.472 e. The molecule has 2 atom stereocenters. The lowest BCUT2D eigenvalue weighted by atomic mass is 9.87. The van der Waals surface area contributed by atoms with Crippen LogP contribution in [-0.2, 0) is 11.2 Å². The number of furan rings is 1. The van der Waals surface area contributed by atoms with Gasteiger partial charge >= 0.3 is 0 Å². The number of ether oxygens (including phenoxy) is 1. The van der Waals surface area contributed by atoms with E-state index in [9.17, 15) is 0 Å². The number of hydrogen-bond donors (Lipinski definition) is 1. The van der Waals surface area contributed by atoms with Crippen molar-refractivity contribution in [3.63, 3.8) is 0 Å². The second-order valence-electron chi connectivity index (χ2n) is 3.80. The van der Waals surface area contributed by atoms with Gasteiger partial charge in [0.15, 0.2) is 0 Å². The molecule has 3 nitrogen and oxygen atoms in total. The van der Waals surface area contributed by atoms with Crippen molar-refractivity contribution in [3.8, 4) is 0 Å². The van der Waals surface area contributed by atoms with E-state index < -0.39 is 0 Å². The molecule has 0 aromatic carbocycles. The Morgan fingerprint density at radius 2 is 2.54 bits per heavy atom. The van der Waals surface area contributed by atoms with Crippen molar-refractivity contribution in [2.24, 2.45) is 5.73 Å². The van der Waals surface area contributed by atoms with E-state index in [1.54, 1.807) is 12.5 Å². The Kier molecular flexibility index (Phi) is 2.14. The quantitative estimate of drug-likeness (QED) is 0.748. The van der Waals surface area contributed by atoms with Crippen LogP contribution in [0.25, 0.3) is 0 Å². The third-order valence-electron chi connectivity index (χ3n) is 2.86. The zero-order valence-corrected chi connectivity index (χ0v) is 7.82. The van der Waals surface area contributed by atoms with Crippen LogP contribution < -0.4 is 5.73 Å². The summed E-state index contributed by atoms with van der Waals surface area (Å²) in [5.41, 5.74) is 7.18. The summed E-state index contributed by atoms with van der Waals surface area (Å²) in [5.74, 6) is 0. The molecule has 2 rings (SSSR count). The third kappa shape index (κ3) is 1.62. The molecule has 1 fully saturated rings. The number of rotatable bonds is 2. The van der Waals surface area contributed by atoms with Gasteiger partial charge in [0.1, 0.15) is 0 Å². The van der Waals surface area contributed by atoms with Crippen LogP contribution in [0.15, 0.2) is 23.0 Å². The SMILES string of the molecule is CC1OCCC1(N)Cc1ccoc1. The van der Waals surface area contributed by atoms with E-state index in [4.69, 9.17) is 14.9 Å². The Bertz CT molecular complexity index is 270. The minimum atomic E-state index is -0.204. The average molecular weight is 181 g/mol. The third-order valence-corrected chi connectivity index (χ3v) is 2.86. The van der Waals surface area contributed by atoms with E-state index in [-0.39, 0.29) is 11.6 Å². The first-order chi connectivity index (χ1) is 6.21. The number of hydrogen-bond acceptors (Lipinski definition) is 3. The molecule has 1 aliphatic rings. The topological polar surface area (TPSA) is 48.4 Å². The van der Waals surface area contributed by atoms with Crippen molar-refractivity contribution in [3.05, 3.63) is 24.2 Å². The molecule has 3 heteroatoms. The summed E-state index contributed by atoms with van der Waals surface area (Å²) >= 11 is 0. The summed E-state index contributed by atoms with van der Waals surface area (Å²) in [6.45, 7) is 2.81. The van der Waals surface area contributed by atoms with E-state index >= 15 is 0 Å². The zero-order valence-electron chi connectivity index (χ0n) is 7.82. The molecule has 13 heavy (non-hydrogen) atoms. The summed E-state index contributed by atoms with van der Waals surface area (Å²) in [4.78, 5) is 0. The van der Waals surface area contributed by atoms with Gasteiger partial charge in [-0.25, -0.2) is 0 Å². The summed E-state index contributed by atoms with van der Waals surface area (Å²) in [6, 6.07) is 1.96. The first-order valence-corrected chi connectivity index (χ1v) is 4.62. The molecule has 0 aliphatic carbocycles. The van der Waals surface area contributed by atoms with Crippen molar-refractivity contribution in [1.82, 2.24) is 0 Å². The zero-order chi connectivity index (χ0) is 9.31. The van der Waals surface area contributed by atoms with Crippen LogP contribution in [0.5, 0.6) is 0 Å². The maximum absolute atomic E-state index is 6.23. The summed E-state index contributed by atoms with van der Waals surface area (Å²) < 4.78 is 10.5. The first kappa shape index (κ1) is 8.78. The fraction of sp³-hybridized carbons (Fsp3) is 0.600. The van der Waals surface area contributed by atoms with E-state index in [0.29, 0.717) is 0 Å². The van der Waals surface area contributed by atoms with Crippen LogP contribution in [-0.4, -0.2) is 18.2 Å². The molecule has 2 unspecified atom stereocenters. The molecule has 0 amide bonds. The Morgan fingerprint density at radius 1 is 1.69 bits per heavy atom. The molecule has 0 radical (unpaired) electrons. The summed E-state index contributed by atoms with van der Waals surface area (Å²) in [7, 11) is 0. The van der Waals surface area contributed by atoms with E-state index in [1.165, 1.54) is 0 Å². The lowest BCUT2D eigenvalue weighted by Crippen LogP contribution is -2.47. The highest BCUT2D eigenvalue weighted by molar-refractivity contribution is 5.13. The van der Waals surface area contributed by atoms with Crippen LogP contribution in [0.2, 0.25) is 0 Å². The molecule has 0 spiro atoms. The molecule has 1 aromatic heterocycles. The van der Waals surface area contributed by atoms with Gasteiger partial charge in [-0.05, 0) is 31.4 Å². The second kappa shape index (κ2) is 3.16. The predicted octanol–water partition coefficient (Wildman–Crippen LogP) is 1.33. The van der Waals surface area contributed by atoms with Crippen LogP contribution >= 0.6 is 0 Å². The van der Waals surface area contributed by atoms with Crippen molar-refractivity contribution >= 4 is 0 Å². The second-order valence-corrected chi connectivity index (χ2v) is 3.80. The molecular weight excluding hydrogens is 166 g/mol. The van der Waals surface area contributed by atoms with E-state index in [1.807, 2.05) is 13.0 Å². The monoisotopic (exact) mass is 181 g/mol. The summed E-state index contributed by atoms with van der Waals surface area (Å²) in [5, 5.41) is 0. The minimum absolute atomic E-state index is 0.141. The van der Waals surface area contributed by atoms with Crippen LogP contribution in [0, 0.1) is 0 Å². The Labute approximate surface area is 77.9 Å². The van der Waals surface area contributed by atoms with Gasteiger partial charge in [0.2, 0.25) is 0 Å². The minimum Gasteiger partial charge on any atom is -0.472 e. The molecule has 1 aliphatic heterocycles. The van der Waals surface area contributed by atoms with Gasteiger partial charge in [0.25, 0.3) is 0 Å². The Hall–Kier alpha value is -0.800. The maximum Gasteiger partial charge on any atom is 0.0935 e. The maximum atomic E-state index is 6.23. The number of nitrogens with two attached hydrogens (primary N) is 1. The van der Waals surface area contributed by atoms with Crippen LogP contribution in [0.4, 0.5) is 0 Å². The van der Waals surface area contributed by atoms with Gasteiger partial charge in [-0.15, -0.1) is 0 Å². The van der Waals surface area contributed by atoms with Gasteiger partial charge in [-0.2, -0.15) is 0 Å². The molecule has 72 valence electrons. The lowest BCUT2D eigenvalue weighted by Gasteiger charge is -2.26. The van der Waals surface area contributed by atoms with Crippen molar-refractivity contribution in [2.75, 3.05) is 6.61 Å². The molecular formula is C10H15NO2. The summed E-state index contributed by atoms with van der Waals surface area (Å²) in [6.07, 6.45) is 5.34. The van der Waals surface area contributed by atoms with Gasteiger partial charge in [0.05, 0.1) is 18.6 Å². The van der Waals surface area contributed by atoms with Gasteiger partial charge in [-0.1, -0.05) is 0 Å². The Morgan fingerprint density at radius 3 is 3.08 bits per heavy atom. The van der Waals surface area contributed by atoms with Gasteiger partial charge in [-0.3, -0.25) is 0 Å². The van der Waals surface area contributed by atoms with Gasteiger partial charge in [0, 0.05) is 12.1 Å². The van der Waals surface area contributed by atoms with Crippen LogP contribution in [0.3, 0.4) is 0 Å². The van der Waals surface area contributed by atoms with Crippen LogP contribution in [0.1, 0.15) is 18.9 Å². The normalized spacial score (nSPS) is 33.8. The highest BCUT2D eigenvalue weighted by Gasteiger charge is 2.37. The predicted molar refractivity (Wildman–Crippen MR) is 49.4 cm³/mol. The fourth-order valence-corrected chi connectivity index (χ4v) is 1.80. The molecule has 2 N–H and O–H groups in total. The van der Waals surface area contributed by atoms with Crippen molar-refractivity contribution in [1.29, 1.82) is 0 Å². The first-order valence-electron chi connectivity index (χ1n) is 4.62. The van der Waals surface area contributed by atoms with Gasteiger partial charge < -0.3 is 14.9 Å². The molecule has 2 heterocycles. The highest BCUT2D eigenvalue weighted by atomic mass is 16.5. The molecule has 0 saturated carbocycles. The smallest absolute Gasteiger partial charge is 0.0935 e. The van der Waals surface area contributed by atoms with Crippen molar-refractivity contribution < 1.29 is 9.15 Å². The fourth-order valence-electron chi connectivity index (χ4n) is 1.80. The lowest BCUT2D eigenvalue weighted by molar-refractivity contribution is 0.0955. The standard InChI is InChI=1S/C10H15NO2/c1-8-10(11,3-5-13-8)6-9-2-4-12-7-9/h2,4,7-8H,3,5-6,11H2,1H3. The molecule has 1 aromatic rings. The molecule has 0 bridgehead atoms. The van der Waals surface area contributed by atoms with E-state index in [0.717, 1.165) is 25.0 Å². The Balaban J connectivity index is 2.08. The highest BCUT2D eigenvalue weighted by Crippen LogP contribution is 2.26. The van der Waals surface area contributed by atoms with Crippen molar-refractivity contribution in [2.45, 2.75) is 31.4 Å². The average Bonchev–Trinajstić information content (AvgIpc) is 2.65.